The van der Waals surface area contributed by atoms with Crippen LogP contribution in [-0.4, -0.2) is 55.0 Å². The van der Waals surface area contributed by atoms with Crippen molar-refractivity contribution < 1.29 is 9.90 Å². The molecule has 1 aromatic rings. The third-order valence-corrected chi connectivity index (χ3v) is 5.15. The molecule has 4 nitrogen and oxygen atoms in total. The number of rotatable bonds is 5. The van der Waals surface area contributed by atoms with Gasteiger partial charge in [-0.15, -0.1) is 11.8 Å². The van der Waals surface area contributed by atoms with Gasteiger partial charge in [0.2, 0.25) is 0 Å². The SMILES string of the molecule is CCN1CCC(N(C)c2cccc(SC)c2C(=O)O)CC1. The molecule has 0 radical (unpaired) electrons. The van der Waals surface area contributed by atoms with E-state index < -0.39 is 5.97 Å². The average Bonchev–Trinajstić information content (AvgIpc) is 2.53. The summed E-state index contributed by atoms with van der Waals surface area (Å²) in [6, 6.07) is 6.18. The number of anilines is 1. The summed E-state index contributed by atoms with van der Waals surface area (Å²) in [4.78, 5) is 17.1. The van der Waals surface area contributed by atoms with E-state index in [1.165, 1.54) is 11.8 Å². The van der Waals surface area contributed by atoms with Gasteiger partial charge in [0.1, 0.15) is 0 Å². The minimum Gasteiger partial charge on any atom is -0.478 e. The minimum atomic E-state index is -0.840. The molecule has 21 heavy (non-hydrogen) atoms. The molecule has 0 atom stereocenters. The van der Waals surface area contributed by atoms with E-state index in [2.05, 4.69) is 16.7 Å². The van der Waals surface area contributed by atoms with Gasteiger partial charge in [0.05, 0.1) is 11.3 Å². The van der Waals surface area contributed by atoms with Crippen molar-refractivity contribution in [2.45, 2.75) is 30.7 Å². The summed E-state index contributed by atoms with van der Waals surface area (Å²) in [6.07, 6.45) is 4.10. The smallest absolute Gasteiger partial charge is 0.338 e. The number of thioether (sulfide) groups is 1. The molecule has 5 heteroatoms. The number of carboxylic acid groups (broad SMARTS) is 1. The first-order chi connectivity index (χ1) is 10.1. The van der Waals surface area contributed by atoms with E-state index in [1.54, 1.807) is 0 Å². The lowest BCUT2D eigenvalue weighted by molar-refractivity contribution is 0.0693. The Morgan fingerprint density at radius 2 is 2.10 bits per heavy atom. The molecule has 0 amide bonds. The molecule has 1 heterocycles. The van der Waals surface area contributed by atoms with Gasteiger partial charge in [-0.05, 0) is 37.8 Å². The first-order valence-corrected chi connectivity index (χ1v) is 8.66. The van der Waals surface area contributed by atoms with Gasteiger partial charge in [0, 0.05) is 31.1 Å². The highest BCUT2D eigenvalue weighted by atomic mass is 32.2. The predicted molar refractivity (Wildman–Crippen MR) is 88.7 cm³/mol. The molecule has 0 unspecified atom stereocenters. The van der Waals surface area contributed by atoms with Crippen molar-refractivity contribution in [2.75, 3.05) is 37.8 Å². The summed E-state index contributed by atoms with van der Waals surface area (Å²) >= 11 is 1.49. The second-order valence-corrected chi connectivity index (χ2v) is 6.28. The molecule has 0 spiro atoms. The van der Waals surface area contributed by atoms with E-state index in [0.717, 1.165) is 43.1 Å². The fourth-order valence-electron chi connectivity index (χ4n) is 3.02. The lowest BCUT2D eigenvalue weighted by atomic mass is 10.0. The van der Waals surface area contributed by atoms with Crippen LogP contribution >= 0.6 is 11.8 Å². The maximum Gasteiger partial charge on any atom is 0.338 e. The molecule has 0 saturated carbocycles. The molecular formula is C16H24N2O2S. The Kier molecular flexibility index (Phi) is 5.53. The first kappa shape index (κ1) is 16.2. The van der Waals surface area contributed by atoms with Crippen molar-refractivity contribution >= 4 is 23.4 Å². The molecule has 116 valence electrons. The largest absolute Gasteiger partial charge is 0.478 e. The second-order valence-electron chi connectivity index (χ2n) is 5.44. The van der Waals surface area contributed by atoms with E-state index >= 15 is 0 Å². The van der Waals surface area contributed by atoms with Crippen LogP contribution < -0.4 is 4.90 Å². The van der Waals surface area contributed by atoms with Gasteiger partial charge in [-0.3, -0.25) is 0 Å². The standard InChI is InChI=1S/C16H24N2O2S/c1-4-18-10-8-12(9-11-18)17(2)13-6-5-7-14(21-3)15(13)16(19)20/h5-7,12H,4,8-11H2,1-3H3,(H,19,20). The van der Waals surface area contributed by atoms with Crippen molar-refractivity contribution in [1.82, 2.24) is 4.90 Å². The zero-order valence-electron chi connectivity index (χ0n) is 13.0. The Bertz CT molecular complexity index is 499. The van der Waals surface area contributed by atoms with Crippen LogP contribution in [0.5, 0.6) is 0 Å². The van der Waals surface area contributed by atoms with Crippen LogP contribution in [0.3, 0.4) is 0 Å². The number of carbonyl (C=O) groups is 1. The highest BCUT2D eigenvalue weighted by Crippen LogP contribution is 2.31. The van der Waals surface area contributed by atoms with E-state index in [1.807, 2.05) is 31.5 Å². The van der Waals surface area contributed by atoms with Gasteiger partial charge in [0.25, 0.3) is 0 Å². The lowest BCUT2D eigenvalue weighted by Gasteiger charge is -2.38. The van der Waals surface area contributed by atoms with Gasteiger partial charge in [0.15, 0.2) is 0 Å². The van der Waals surface area contributed by atoms with Crippen LogP contribution in [0.4, 0.5) is 5.69 Å². The van der Waals surface area contributed by atoms with E-state index in [0.29, 0.717) is 11.6 Å². The average molecular weight is 308 g/mol. The summed E-state index contributed by atoms with van der Waals surface area (Å²) in [5, 5.41) is 9.56. The zero-order valence-corrected chi connectivity index (χ0v) is 13.8. The van der Waals surface area contributed by atoms with Crippen molar-refractivity contribution in [1.29, 1.82) is 0 Å². The van der Waals surface area contributed by atoms with Crippen LogP contribution in [0.1, 0.15) is 30.1 Å². The fraction of sp³-hybridized carbons (Fsp3) is 0.562. The Morgan fingerprint density at radius 3 is 2.62 bits per heavy atom. The van der Waals surface area contributed by atoms with Gasteiger partial charge < -0.3 is 14.9 Å². The summed E-state index contributed by atoms with van der Waals surface area (Å²) in [6.45, 7) is 5.47. The molecule has 2 rings (SSSR count). The van der Waals surface area contributed by atoms with Crippen LogP contribution in [0, 0.1) is 0 Å². The summed E-state index contributed by atoms with van der Waals surface area (Å²) in [5.41, 5.74) is 1.27. The third-order valence-electron chi connectivity index (χ3n) is 4.37. The maximum atomic E-state index is 11.6. The quantitative estimate of drug-likeness (QED) is 0.847. The number of benzene rings is 1. The number of likely N-dealkylation sites (tertiary alicyclic amines) is 1. The Hall–Kier alpha value is -1.20. The molecule has 1 saturated heterocycles. The monoisotopic (exact) mass is 308 g/mol. The van der Waals surface area contributed by atoms with Crippen molar-refractivity contribution in [3.8, 4) is 0 Å². The van der Waals surface area contributed by atoms with Crippen LogP contribution in [0.25, 0.3) is 0 Å². The minimum absolute atomic E-state index is 0.419. The topological polar surface area (TPSA) is 43.8 Å². The van der Waals surface area contributed by atoms with Crippen molar-refractivity contribution in [3.05, 3.63) is 23.8 Å². The molecule has 1 aromatic carbocycles. The number of hydrogen-bond donors (Lipinski definition) is 1. The summed E-state index contributed by atoms with van der Waals surface area (Å²) in [7, 11) is 2.03. The molecule has 1 fully saturated rings. The number of hydrogen-bond acceptors (Lipinski definition) is 4. The molecule has 0 aromatic heterocycles. The number of piperidine rings is 1. The van der Waals surface area contributed by atoms with Crippen LogP contribution in [-0.2, 0) is 0 Å². The molecule has 0 aliphatic carbocycles. The fourth-order valence-corrected chi connectivity index (χ4v) is 3.63. The van der Waals surface area contributed by atoms with Gasteiger partial charge in [-0.1, -0.05) is 13.0 Å². The third kappa shape index (κ3) is 3.52. The van der Waals surface area contributed by atoms with E-state index in [-0.39, 0.29) is 0 Å². The van der Waals surface area contributed by atoms with Crippen LogP contribution in [0.15, 0.2) is 23.1 Å². The highest BCUT2D eigenvalue weighted by Gasteiger charge is 2.25. The Morgan fingerprint density at radius 1 is 1.43 bits per heavy atom. The van der Waals surface area contributed by atoms with E-state index in [9.17, 15) is 9.90 Å². The summed E-state index contributed by atoms with van der Waals surface area (Å²) < 4.78 is 0. The van der Waals surface area contributed by atoms with Gasteiger partial charge in [-0.2, -0.15) is 0 Å². The lowest BCUT2D eigenvalue weighted by Crippen LogP contribution is -2.43. The van der Waals surface area contributed by atoms with E-state index in [4.69, 9.17) is 0 Å². The molecule has 0 bridgehead atoms. The number of nitrogens with zero attached hydrogens (tertiary/aromatic N) is 2. The first-order valence-electron chi connectivity index (χ1n) is 7.44. The predicted octanol–water partition coefficient (Wildman–Crippen LogP) is 3.03. The van der Waals surface area contributed by atoms with Gasteiger partial charge in [-0.25, -0.2) is 4.79 Å². The highest BCUT2D eigenvalue weighted by molar-refractivity contribution is 7.98. The zero-order chi connectivity index (χ0) is 15.4. The van der Waals surface area contributed by atoms with Crippen molar-refractivity contribution in [3.63, 3.8) is 0 Å². The maximum absolute atomic E-state index is 11.6. The Balaban J connectivity index is 2.23. The second kappa shape index (κ2) is 7.18. The van der Waals surface area contributed by atoms with Crippen LogP contribution in [0.2, 0.25) is 0 Å². The molecule has 1 aliphatic heterocycles. The van der Waals surface area contributed by atoms with Crippen molar-refractivity contribution in [2.24, 2.45) is 0 Å². The van der Waals surface area contributed by atoms with Gasteiger partial charge >= 0.3 is 5.97 Å². The molecule has 1 N–H and O–H groups in total. The normalized spacial score (nSPS) is 16.9. The molecule has 1 aliphatic rings. The number of carboxylic acids is 1. The Labute approximate surface area is 131 Å². The molecular weight excluding hydrogens is 284 g/mol. The summed E-state index contributed by atoms with van der Waals surface area (Å²) in [5.74, 6) is -0.840. The number of aromatic carboxylic acids is 1.